The Hall–Kier alpha value is -1.79. The Balaban J connectivity index is 2.73. The number of hydrogen-bond donors (Lipinski definition) is 2. The Bertz CT molecular complexity index is 319. The van der Waals surface area contributed by atoms with Crippen LogP contribution < -0.4 is 10.6 Å². The average Bonchev–Trinajstić information content (AvgIpc) is 2.31. The Morgan fingerprint density at radius 1 is 1.59 bits per heavy atom. The maximum atomic E-state index is 11.7. The van der Waals surface area contributed by atoms with Crippen molar-refractivity contribution in [1.82, 2.24) is 15.5 Å². The SMILES string of the molecule is CCNC(=O)N1CCNC(=O)[C@@H]1CC(=O)OC. The maximum Gasteiger partial charge on any atom is 0.318 e. The smallest absolute Gasteiger partial charge is 0.318 e. The molecular weight excluding hydrogens is 226 g/mol. The summed E-state index contributed by atoms with van der Waals surface area (Å²) in [7, 11) is 1.25. The lowest BCUT2D eigenvalue weighted by Gasteiger charge is -2.34. The summed E-state index contributed by atoms with van der Waals surface area (Å²) in [5.74, 6) is -0.839. The van der Waals surface area contributed by atoms with Crippen LogP contribution in [-0.2, 0) is 14.3 Å². The van der Waals surface area contributed by atoms with Gasteiger partial charge in [0.05, 0.1) is 13.5 Å². The van der Waals surface area contributed by atoms with Crippen molar-refractivity contribution in [1.29, 1.82) is 0 Å². The standard InChI is InChI=1S/C10H17N3O4/c1-3-11-10(16)13-5-4-12-9(15)7(13)6-8(14)17-2/h7H,3-6H2,1-2H3,(H,11,16)(H,12,15)/t7-/m0/s1. The summed E-state index contributed by atoms with van der Waals surface area (Å²) in [5.41, 5.74) is 0. The molecule has 0 aliphatic carbocycles. The maximum absolute atomic E-state index is 11.7. The summed E-state index contributed by atoms with van der Waals surface area (Å²) in [4.78, 5) is 35.9. The molecule has 0 aromatic heterocycles. The number of ether oxygens (including phenoxy) is 1. The highest BCUT2D eigenvalue weighted by Gasteiger charge is 2.34. The van der Waals surface area contributed by atoms with E-state index in [0.29, 0.717) is 19.6 Å². The summed E-state index contributed by atoms with van der Waals surface area (Å²) in [6.45, 7) is 3.05. The van der Waals surface area contributed by atoms with Gasteiger partial charge in [0.15, 0.2) is 0 Å². The van der Waals surface area contributed by atoms with Gasteiger partial charge in [0.25, 0.3) is 0 Å². The topological polar surface area (TPSA) is 87.7 Å². The van der Waals surface area contributed by atoms with Crippen molar-refractivity contribution >= 4 is 17.9 Å². The molecule has 7 nitrogen and oxygen atoms in total. The van der Waals surface area contributed by atoms with Gasteiger partial charge in [0.1, 0.15) is 6.04 Å². The molecule has 3 amide bonds. The molecule has 7 heteroatoms. The van der Waals surface area contributed by atoms with E-state index in [0.717, 1.165) is 0 Å². The molecule has 1 heterocycles. The predicted molar refractivity (Wildman–Crippen MR) is 59.2 cm³/mol. The Morgan fingerprint density at radius 2 is 2.29 bits per heavy atom. The van der Waals surface area contributed by atoms with Crippen molar-refractivity contribution < 1.29 is 19.1 Å². The Morgan fingerprint density at radius 3 is 2.88 bits per heavy atom. The van der Waals surface area contributed by atoms with Crippen LogP contribution in [0.1, 0.15) is 13.3 Å². The fourth-order valence-electron chi connectivity index (χ4n) is 1.65. The van der Waals surface area contributed by atoms with Crippen LogP contribution in [0.4, 0.5) is 4.79 Å². The van der Waals surface area contributed by atoms with Crippen LogP contribution in [0, 0.1) is 0 Å². The van der Waals surface area contributed by atoms with E-state index >= 15 is 0 Å². The number of nitrogens with one attached hydrogen (secondary N) is 2. The van der Waals surface area contributed by atoms with Crippen LogP contribution in [0.5, 0.6) is 0 Å². The fourth-order valence-corrected chi connectivity index (χ4v) is 1.65. The van der Waals surface area contributed by atoms with Gasteiger partial charge in [-0.2, -0.15) is 0 Å². The first-order valence-electron chi connectivity index (χ1n) is 5.49. The monoisotopic (exact) mass is 243 g/mol. The second-order valence-electron chi connectivity index (χ2n) is 3.62. The molecule has 0 bridgehead atoms. The zero-order valence-corrected chi connectivity index (χ0v) is 9.99. The first-order chi connectivity index (χ1) is 8.10. The predicted octanol–water partition coefficient (Wildman–Crippen LogP) is -0.921. The number of esters is 1. The molecule has 0 aromatic rings. The minimum absolute atomic E-state index is 0.126. The molecule has 17 heavy (non-hydrogen) atoms. The van der Waals surface area contributed by atoms with Gasteiger partial charge < -0.3 is 20.3 Å². The third-order valence-corrected chi connectivity index (χ3v) is 2.51. The number of rotatable bonds is 3. The van der Waals surface area contributed by atoms with E-state index in [1.54, 1.807) is 6.92 Å². The first-order valence-corrected chi connectivity index (χ1v) is 5.49. The van der Waals surface area contributed by atoms with E-state index in [-0.39, 0.29) is 18.4 Å². The number of piperazine rings is 1. The number of methoxy groups -OCH3 is 1. The van der Waals surface area contributed by atoms with Gasteiger partial charge in [-0.25, -0.2) is 4.79 Å². The number of amides is 3. The molecular formula is C10H17N3O4. The minimum Gasteiger partial charge on any atom is -0.469 e. The lowest BCUT2D eigenvalue weighted by atomic mass is 10.1. The number of carbonyl (C=O) groups is 3. The van der Waals surface area contributed by atoms with E-state index in [4.69, 9.17) is 0 Å². The zero-order valence-electron chi connectivity index (χ0n) is 9.99. The summed E-state index contributed by atoms with van der Waals surface area (Å²) < 4.78 is 4.51. The molecule has 1 atom stereocenters. The highest BCUT2D eigenvalue weighted by atomic mass is 16.5. The molecule has 1 aliphatic heterocycles. The van der Waals surface area contributed by atoms with Gasteiger partial charge in [-0.15, -0.1) is 0 Å². The van der Waals surface area contributed by atoms with E-state index in [1.165, 1.54) is 12.0 Å². The highest BCUT2D eigenvalue weighted by Crippen LogP contribution is 2.09. The third-order valence-electron chi connectivity index (χ3n) is 2.51. The number of hydrogen-bond acceptors (Lipinski definition) is 4. The quantitative estimate of drug-likeness (QED) is 0.627. The van der Waals surface area contributed by atoms with Gasteiger partial charge >= 0.3 is 12.0 Å². The average molecular weight is 243 g/mol. The lowest BCUT2D eigenvalue weighted by Crippen LogP contribution is -2.59. The summed E-state index contributed by atoms with van der Waals surface area (Å²) >= 11 is 0. The van der Waals surface area contributed by atoms with Crippen LogP contribution in [0.3, 0.4) is 0 Å². The van der Waals surface area contributed by atoms with Gasteiger partial charge in [-0.3, -0.25) is 9.59 Å². The van der Waals surface area contributed by atoms with Gasteiger partial charge in [0.2, 0.25) is 5.91 Å². The van der Waals surface area contributed by atoms with Crippen molar-refractivity contribution in [3.63, 3.8) is 0 Å². The molecule has 1 rings (SSSR count). The van der Waals surface area contributed by atoms with Crippen molar-refractivity contribution in [2.45, 2.75) is 19.4 Å². The molecule has 1 saturated heterocycles. The van der Waals surface area contributed by atoms with E-state index in [1.807, 2.05) is 0 Å². The Labute approximate surface area is 99.5 Å². The normalized spacial score (nSPS) is 19.5. The van der Waals surface area contributed by atoms with Crippen molar-refractivity contribution in [2.24, 2.45) is 0 Å². The van der Waals surface area contributed by atoms with Crippen LogP contribution in [0.2, 0.25) is 0 Å². The van der Waals surface area contributed by atoms with Gasteiger partial charge in [0, 0.05) is 19.6 Å². The number of nitrogens with zero attached hydrogens (tertiary/aromatic N) is 1. The zero-order chi connectivity index (χ0) is 12.8. The number of urea groups is 1. The molecule has 1 aliphatic rings. The molecule has 0 saturated carbocycles. The van der Waals surface area contributed by atoms with Crippen molar-refractivity contribution in [2.75, 3.05) is 26.7 Å². The Kier molecular flexibility index (Phi) is 4.74. The summed E-state index contributed by atoms with van der Waals surface area (Å²) in [5, 5.41) is 5.23. The molecule has 0 aromatic carbocycles. The van der Waals surface area contributed by atoms with Crippen molar-refractivity contribution in [3.8, 4) is 0 Å². The van der Waals surface area contributed by atoms with E-state index in [9.17, 15) is 14.4 Å². The second-order valence-corrected chi connectivity index (χ2v) is 3.62. The van der Waals surface area contributed by atoms with E-state index in [2.05, 4.69) is 15.4 Å². The largest absolute Gasteiger partial charge is 0.469 e. The summed E-state index contributed by atoms with van der Waals surface area (Å²) in [6, 6.07) is -1.13. The molecule has 0 spiro atoms. The first kappa shape index (κ1) is 13.3. The van der Waals surface area contributed by atoms with Crippen LogP contribution in [0.15, 0.2) is 0 Å². The van der Waals surface area contributed by atoms with Crippen LogP contribution in [0.25, 0.3) is 0 Å². The highest BCUT2D eigenvalue weighted by molar-refractivity contribution is 5.91. The molecule has 2 N–H and O–H groups in total. The van der Waals surface area contributed by atoms with Crippen molar-refractivity contribution in [3.05, 3.63) is 0 Å². The lowest BCUT2D eigenvalue weighted by molar-refractivity contribution is -0.145. The molecule has 0 unspecified atom stereocenters. The molecule has 1 fully saturated rings. The van der Waals surface area contributed by atoms with E-state index < -0.39 is 12.0 Å². The minimum atomic E-state index is -0.789. The summed E-state index contributed by atoms with van der Waals surface area (Å²) in [6.07, 6.45) is -0.126. The van der Waals surface area contributed by atoms with Crippen LogP contribution >= 0.6 is 0 Å². The third kappa shape index (κ3) is 3.33. The molecule has 96 valence electrons. The number of carbonyl (C=O) groups excluding carboxylic acids is 3. The van der Waals surface area contributed by atoms with Gasteiger partial charge in [-0.05, 0) is 6.92 Å². The molecule has 0 radical (unpaired) electrons. The van der Waals surface area contributed by atoms with Gasteiger partial charge in [-0.1, -0.05) is 0 Å². The second kappa shape index (κ2) is 6.07. The van der Waals surface area contributed by atoms with Crippen LogP contribution in [-0.4, -0.2) is 55.6 Å². The fraction of sp³-hybridized carbons (Fsp3) is 0.700.